The van der Waals surface area contributed by atoms with Crippen molar-refractivity contribution in [1.29, 1.82) is 0 Å². The third-order valence-electron chi connectivity index (χ3n) is 3.55. The molecule has 0 radical (unpaired) electrons. The van der Waals surface area contributed by atoms with Crippen molar-refractivity contribution >= 4 is 0 Å². The fraction of sp³-hybridized carbons (Fsp3) is 1.00. The zero-order valence-electron chi connectivity index (χ0n) is 10.8. The predicted octanol–water partition coefficient (Wildman–Crippen LogP) is 2.83. The van der Waals surface area contributed by atoms with E-state index in [0.29, 0.717) is 5.41 Å². The lowest BCUT2D eigenvalue weighted by atomic mass is 9.89. The summed E-state index contributed by atoms with van der Waals surface area (Å²) in [5, 5.41) is 3.71. The predicted molar refractivity (Wildman–Crippen MR) is 65.1 cm³/mol. The van der Waals surface area contributed by atoms with Gasteiger partial charge in [-0.25, -0.2) is 0 Å². The molecule has 0 aromatic heterocycles. The molecule has 2 heteroatoms. The van der Waals surface area contributed by atoms with Gasteiger partial charge in [-0.15, -0.1) is 0 Å². The topological polar surface area (TPSA) is 21.3 Å². The van der Waals surface area contributed by atoms with E-state index in [2.05, 4.69) is 26.1 Å². The molecule has 0 saturated heterocycles. The van der Waals surface area contributed by atoms with Gasteiger partial charge in [-0.2, -0.15) is 0 Å². The van der Waals surface area contributed by atoms with Crippen LogP contribution in [0.5, 0.6) is 0 Å². The van der Waals surface area contributed by atoms with E-state index >= 15 is 0 Å². The molecule has 15 heavy (non-hydrogen) atoms. The maximum atomic E-state index is 5.14. The van der Waals surface area contributed by atoms with Crippen molar-refractivity contribution in [3.63, 3.8) is 0 Å². The van der Waals surface area contributed by atoms with Crippen LogP contribution in [0.3, 0.4) is 0 Å². The van der Waals surface area contributed by atoms with Gasteiger partial charge in [0.15, 0.2) is 0 Å². The summed E-state index contributed by atoms with van der Waals surface area (Å²) in [6.45, 7) is 8.98. The van der Waals surface area contributed by atoms with E-state index in [0.717, 1.165) is 31.5 Å². The Labute approximate surface area is 94.8 Å². The second-order valence-electron chi connectivity index (χ2n) is 5.90. The Balaban J connectivity index is 2.17. The number of methoxy groups -OCH3 is 1. The van der Waals surface area contributed by atoms with Crippen molar-refractivity contribution in [1.82, 2.24) is 5.32 Å². The summed E-state index contributed by atoms with van der Waals surface area (Å²) < 4.78 is 5.14. The van der Waals surface area contributed by atoms with Crippen molar-refractivity contribution < 1.29 is 4.74 Å². The normalized spacial score (nSPS) is 27.2. The van der Waals surface area contributed by atoms with Crippen LogP contribution < -0.4 is 5.32 Å². The number of hydrogen-bond donors (Lipinski definition) is 1. The Morgan fingerprint density at radius 2 is 2.07 bits per heavy atom. The van der Waals surface area contributed by atoms with E-state index < -0.39 is 0 Å². The van der Waals surface area contributed by atoms with Crippen molar-refractivity contribution in [3.05, 3.63) is 0 Å². The highest BCUT2D eigenvalue weighted by Crippen LogP contribution is 2.26. The van der Waals surface area contributed by atoms with E-state index in [1.807, 2.05) is 0 Å². The average molecular weight is 213 g/mol. The summed E-state index contributed by atoms with van der Waals surface area (Å²) in [6, 6.07) is 0.766. The van der Waals surface area contributed by atoms with Gasteiger partial charge in [0, 0.05) is 26.3 Å². The molecule has 1 N–H and O–H groups in total. The molecule has 0 aromatic carbocycles. The second kappa shape index (κ2) is 5.86. The van der Waals surface area contributed by atoms with Crippen LogP contribution in [0.25, 0.3) is 0 Å². The lowest BCUT2D eigenvalue weighted by molar-refractivity contribution is 0.149. The Kier molecular flexibility index (Phi) is 5.07. The summed E-state index contributed by atoms with van der Waals surface area (Å²) in [5.74, 6) is 0.921. The van der Waals surface area contributed by atoms with E-state index in [9.17, 15) is 0 Å². The van der Waals surface area contributed by atoms with Gasteiger partial charge in [-0.3, -0.25) is 0 Å². The largest absolute Gasteiger partial charge is 0.385 e. The Hall–Kier alpha value is -0.0800. The van der Waals surface area contributed by atoms with E-state index in [1.54, 1.807) is 7.11 Å². The van der Waals surface area contributed by atoms with Gasteiger partial charge >= 0.3 is 0 Å². The molecule has 2 unspecified atom stereocenters. The third-order valence-corrected chi connectivity index (χ3v) is 3.55. The van der Waals surface area contributed by atoms with Gasteiger partial charge < -0.3 is 10.1 Å². The fourth-order valence-corrected chi connectivity index (χ4v) is 2.28. The number of hydrogen-bond acceptors (Lipinski definition) is 2. The molecule has 1 saturated carbocycles. The molecule has 1 aliphatic carbocycles. The van der Waals surface area contributed by atoms with Crippen molar-refractivity contribution in [3.8, 4) is 0 Å². The zero-order chi connectivity index (χ0) is 11.3. The quantitative estimate of drug-likeness (QED) is 0.732. The lowest BCUT2D eigenvalue weighted by Gasteiger charge is -2.26. The van der Waals surface area contributed by atoms with Gasteiger partial charge in [0.25, 0.3) is 0 Å². The molecule has 2 nitrogen and oxygen atoms in total. The first-order valence-corrected chi connectivity index (χ1v) is 6.26. The molecule has 0 aliphatic heterocycles. The molecule has 0 spiro atoms. The van der Waals surface area contributed by atoms with Crippen LogP contribution in [0.4, 0.5) is 0 Å². The van der Waals surface area contributed by atoms with Crippen LogP contribution in [-0.4, -0.2) is 26.3 Å². The average Bonchev–Trinajstić information content (AvgIpc) is 2.59. The fourth-order valence-electron chi connectivity index (χ4n) is 2.28. The molecule has 2 atom stereocenters. The van der Waals surface area contributed by atoms with Crippen LogP contribution in [-0.2, 0) is 4.74 Å². The smallest absolute Gasteiger partial charge is 0.0467 e. The molecule has 1 fully saturated rings. The van der Waals surface area contributed by atoms with Crippen LogP contribution in [0, 0.1) is 11.3 Å². The van der Waals surface area contributed by atoms with Crippen molar-refractivity contribution in [2.45, 2.75) is 52.5 Å². The molecular formula is C13H27NO. The summed E-state index contributed by atoms with van der Waals surface area (Å²) in [7, 11) is 1.78. The maximum Gasteiger partial charge on any atom is 0.0467 e. The first kappa shape index (κ1) is 13.0. The van der Waals surface area contributed by atoms with Crippen LogP contribution in [0.15, 0.2) is 0 Å². The second-order valence-corrected chi connectivity index (χ2v) is 5.90. The molecule has 1 aliphatic rings. The summed E-state index contributed by atoms with van der Waals surface area (Å²) >= 11 is 0. The molecular weight excluding hydrogens is 186 g/mol. The monoisotopic (exact) mass is 213 g/mol. The maximum absolute atomic E-state index is 5.14. The number of rotatable bonds is 6. The Morgan fingerprint density at radius 3 is 2.60 bits per heavy atom. The van der Waals surface area contributed by atoms with Gasteiger partial charge in [0.1, 0.15) is 0 Å². The highest BCUT2D eigenvalue weighted by atomic mass is 16.5. The minimum atomic E-state index is 0.363. The van der Waals surface area contributed by atoms with E-state index in [1.165, 1.54) is 19.3 Å². The minimum absolute atomic E-state index is 0.363. The van der Waals surface area contributed by atoms with Gasteiger partial charge in [0.05, 0.1) is 0 Å². The number of ether oxygens (including phenoxy) is 1. The standard InChI is InChI=1S/C13H27NO/c1-11-5-6-12(9-11)14-10-13(2,3)7-8-15-4/h11-12,14H,5-10H2,1-4H3. The van der Waals surface area contributed by atoms with E-state index in [-0.39, 0.29) is 0 Å². The minimum Gasteiger partial charge on any atom is -0.385 e. The zero-order valence-corrected chi connectivity index (χ0v) is 10.8. The highest BCUT2D eigenvalue weighted by Gasteiger charge is 2.24. The van der Waals surface area contributed by atoms with Crippen LogP contribution in [0.1, 0.15) is 46.5 Å². The Morgan fingerprint density at radius 1 is 1.33 bits per heavy atom. The first-order chi connectivity index (χ1) is 7.03. The SMILES string of the molecule is COCCC(C)(C)CNC1CCC(C)C1. The lowest BCUT2D eigenvalue weighted by Crippen LogP contribution is -2.36. The van der Waals surface area contributed by atoms with Gasteiger partial charge in [0.2, 0.25) is 0 Å². The number of nitrogens with one attached hydrogen (secondary N) is 1. The molecule has 0 heterocycles. The summed E-state index contributed by atoms with van der Waals surface area (Å²) in [4.78, 5) is 0. The molecule has 0 aromatic rings. The molecule has 1 rings (SSSR count). The van der Waals surface area contributed by atoms with E-state index in [4.69, 9.17) is 4.74 Å². The van der Waals surface area contributed by atoms with Crippen molar-refractivity contribution in [2.75, 3.05) is 20.3 Å². The van der Waals surface area contributed by atoms with Gasteiger partial charge in [-0.1, -0.05) is 20.8 Å². The molecule has 90 valence electrons. The Bertz CT molecular complexity index is 179. The first-order valence-electron chi connectivity index (χ1n) is 6.26. The van der Waals surface area contributed by atoms with Crippen LogP contribution in [0.2, 0.25) is 0 Å². The highest BCUT2D eigenvalue weighted by molar-refractivity contribution is 4.81. The summed E-state index contributed by atoms with van der Waals surface area (Å²) in [6.07, 6.45) is 5.26. The van der Waals surface area contributed by atoms with Gasteiger partial charge in [-0.05, 0) is 37.0 Å². The summed E-state index contributed by atoms with van der Waals surface area (Å²) in [5.41, 5.74) is 0.363. The van der Waals surface area contributed by atoms with Crippen LogP contribution >= 0.6 is 0 Å². The third kappa shape index (κ3) is 4.98. The molecule has 0 bridgehead atoms. The van der Waals surface area contributed by atoms with Crippen molar-refractivity contribution in [2.24, 2.45) is 11.3 Å². The molecule has 0 amide bonds.